The summed E-state index contributed by atoms with van der Waals surface area (Å²) < 4.78 is 13.9. The van der Waals surface area contributed by atoms with Gasteiger partial charge in [-0.05, 0) is 31.9 Å². The largest absolute Gasteiger partial charge is 0.355 e. The second-order valence-electron chi connectivity index (χ2n) is 5.55. The predicted molar refractivity (Wildman–Crippen MR) is 82.2 cm³/mol. The van der Waals surface area contributed by atoms with Gasteiger partial charge in [0.15, 0.2) is 5.78 Å². The minimum atomic E-state index is -0.326. The first kappa shape index (κ1) is 13.0. The first-order valence-corrected chi connectivity index (χ1v) is 7.19. The fraction of sp³-hybridized carbons (Fsp3) is 0.176. The molecular formula is C17H14FN3O. The van der Waals surface area contributed by atoms with Gasteiger partial charge >= 0.3 is 0 Å². The molecule has 5 heteroatoms. The van der Waals surface area contributed by atoms with Crippen molar-refractivity contribution in [3.63, 3.8) is 0 Å². The summed E-state index contributed by atoms with van der Waals surface area (Å²) in [6.07, 6.45) is 4.77. The number of para-hydroxylation sites is 1. The van der Waals surface area contributed by atoms with E-state index in [0.29, 0.717) is 34.9 Å². The number of rotatable bonds is 1. The SMILES string of the molecule is Cc1[nH]cnc1/C=C1\CCc2[nH]c3c(F)cccc3c2C1=O. The molecule has 0 aliphatic heterocycles. The lowest BCUT2D eigenvalue weighted by Crippen LogP contribution is -2.13. The minimum Gasteiger partial charge on any atom is -0.355 e. The number of ketones is 1. The zero-order valence-electron chi connectivity index (χ0n) is 12.0. The highest BCUT2D eigenvalue weighted by atomic mass is 19.1. The number of benzene rings is 1. The highest BCUT2D eigenvalue weighted by molar-refractivity contribution is 6.19. The van der Waals surface area contributed by atoms with E-state index in [0.717, 1.165) is 17.1 Å². The Balaban J connectivity index is 1.87. The number of H-pyrrole nitrogens is 2. The quantitative estimate of drug-likeness (QED) is 0.674. The average Bonchev–Trinajstić information content (AvgIpc) is 3.07. The molecule has 0 radical (unpaired) electrons. The van der Waals surface area contributed by atoms with E-state index < -0.39 is 0 Å². The maximum absolute atomic E-state index is 13.9. The third-order valence-electron chi connectivity index (χ3n) is 4.20. The summed E-state index contributed by atoms with van der Waals surface area (Å²) >= 11 is 0. The van der Waals surface area contributed by atoms with Gasteiger partial charge in [0, 0.05) is 22.3 Å². The molecule has 110 valence electrons. The first-order chi connectivity index (χ1) is 10.6. The Morgan fingerprint density at radius 3 is 2.95 bits per heavy atom. The zero-order chi connectivity index (χ0) is 15.3. The van der Waals surface area contributed by atoms with E-state index in [-0.39, 0.29) is 11.6 Å². The van der Waals surface area contributed by atoms with Crippen LogP contribution in [0.25, 0.3) is 17.0 Å². The van der Waals surface area contributed by atoms with Gasteiger partial charge in [0.1, 0.15) is 5.82 Å². The molecule has 0 atom stereocenters. The standard InChI is InChI=1S/C17H14FN3O/c1-9-14(20-8-19-9)7-10-5-6-13-15(17(10)22)11-3-2-4-12(18)16(11)21-13/h2-4,7-8,21H,5-6H2,1H3,(H,19,20)/b10-7+. The van der Waals surface area contributed by atoms with Crippen molar-refractivity contribution >= 4 is 22.8 Å². The maximum atomic E-state index is 13.9. The Kier molecular flexibility index (Phi) is 2.76. The van der Waals surface area contributed by atoms with Gasteiger partial charge in [-0.15, -0.1) is 0 Å². The lowest BCUT2D eigenvalue weighted by molar-refractivity contribution is 0.102. The molecule has 0 saturated heterocycles. The molecule has 0 unspecified atom stereocenters. The Hall–Kier alpha value is -2.69. The third kappa shape index (κ3) is 1.82. The van der Waals surface area contributed by atoms with E-state index >= 15 is 0 Å². The Labute approximate surface area is 126 Å². The molecule has 4 nitrogen and oxygen atoms in total. The summed E-state index contributed by atoms with van der Waals surface area (Å²) in [4.78, 5) is 23.1. The van der Waals surface area contributed by atoms with Crippen molar-refractivity contribution in [1.29, 1.82) is 0 Å². The number of imidazole rings is 1. The van der Waals surface area contributed by atoms with Gasteiger partial charge in [-0.2, -0.15) is 0 Å². The summed E-state index contributed by atoms with van der Waals surface area (Å²) in [5.74, 6) is -0.367. The molecule has 22 heavy (non-hydrogen) atoms. The molecule has 1 aliphatic rings. The normalized spacial score (nSPS) is 16.5. The van der Waals surface area contributed by atoms with Crippen LogP contribution in [0.5, 0.6) is 0 Å². The molecule has 2 aromatic heterocycles. The van der Waals surface area contributed by atoms with Crippen molar-refractivity contribution in [2.75, 3.05) is 0 Å². The Bertz CT molecular complexity index is 933. The van der Waals surface area contributed by atoms with Gasteiger partial charge < -0.3 is 9.97 Å². The van der Waals surface area contributed by atoms with Gasteiger partial charge in [-0.1, -0.05) is 12.1 Å². The van der Waals surface area contributed by atoms with Gasteiger partial charge in [0.2, 0.25) is 0 Å². The number of carbonyl (C=O) groups excluding carboxylic acids is 1. The van der Waals surface area contributed by atoms with Crippen molar-refractivity contribution in [1.82, 2.24) is 15.0 Å². The van der Waals surface area contributed by atoms with Crippen LogP contribution in [-0.2, 0) is 6.42 Å². The molecule has 2 heterocycles. The van der Waals surface area contributed by atoms with Gasteiger partial charge in [0.05, 0.1) is 23.1 Å². The van der Waals surface area contributed by atoms with E-state index in [4.69, 9.17) is 0 Å². The number of nitrogens with zero attached hydrogens (tertiary/aromatic N) is 1. The summed E-state index contributed by atoms with van der Waals surface area (Å²) in [5, 5.41) is 0.657. The van der Waals surface area contributed by atoms with Crippen molar-refractivity contribution in [3.8, 4) is 0 Å². The molecule has 3 aromatic rings. The Morgan fingerprint density at radius 1 is 1.32 bits per heavy atom. The van der Waals surface area contributed by atoms with Crippen LogP contribution in [0.4, 0.5) is 4.39 Å². The molecule has 0 spiro atoms. The third-order valence-corrected chi connectivity index (χ3v) is 4.20. The number of hydrogen-bond donors (Lipinski definition) is 2. The summed E-state index contributed by atoms with van der Waals surface area (Å²) in [7, 11) is 0. The van der Waals surface area contributed by atoms with Crippen molar-refractivity contribution in [2.24, 2.45) is 0 Å². The van der Waals surface area contributed by atoms with E-state index in [9.17, 15) is 9.18 Å². The monoisotopic (exact) mass is 295 g/mol. The number of carbonyl (C=O) groups is 1. The van der Waals surface area contributed by atoms with Crippen LogP contribution in [0.3, 0.4) is 0 Å². The molecule has 1 aliphatic carbocycles. The van der Waals surface area contributed by atoms with Gasteiger partial charge in [0.25, 0.3) is 0 Å². The van der Waals surface area contributed by atoms with Crippen molar-refractivity contribution < 1.29 is 9.18 Å². The fourth-order valence-electron chi connectivity index (χ4n) is 3.03. The van der Waals surface area contributed by atoms with Crippen LogP contribution in [0.15, 0.2) is 30.1 Å². The second kappa shape index (κ2) is 4.66. The number of allylic oxidation sites excluding steroid dienone is 1. The zero-order valence-corrected chi connectivity index (χ0v) is 12.0. The topological polar surface area (TPSA) is 61.5 Å². The van der Waals surface area contributed by atoms with Crippen molar-refractivity contribution in [3.05, 3.63) is 58.6 Å². The molecule has 0 bridgehead atoms. The Morgan fingerprint density at radius 2 is 2.18 bits per heavy atom. The summed E-state index contributed by atoms with van der Waals surface area (Å²) in [5.41, 5.74) is 4.25. The van der Waals surface area contributed by atoms with Crippen molar-refractivity contribution in [2.45, 2.75) is 19.8 Å². The number of Topliss-reactive ketones (excluding diaryl/α,β-unsaturated/α-hetero) is 1. The van der Waals surface area contributed by atoms with Crippen LogP contribution in [0.2, 0.25) is 0 Å². The number of aryl methyl sites for hydroxylation is 2. The predicted octanol–water partition coefficient (Wildman–Crippen LogP) is 3.55. The molecular weight excluding hydrogens is 281 g/mol. The van der Waals surface area contributed by atoms with Crippen LogP contribution >= 0.6 is 0 Å². The molecule has 0 amide bonds. The number of aromatic amines is 2. The van der Waals surface area contributed by atoms with Gasteiger partial charge in [-0.3, -0.25) is 4.79 Å². The summed E-state index contributed by atoms with van der Waals surface area (Å²) in [6, 6.07) is 4.82. The molecule has 2 N–H and O–H groups in total. The average molecular weight is 295 g/mol. The summed E-state index contributed by atoms with van der Waals surface area (Å²) in [6.45, 7) is 1.92. The maximum Gasteiger partial charge on any atom is 0.191 e. The van der Waals surface area contributed by atoms with Crippen LogP contribution in [0, 0.1) is 12.7 Å². The number of aromatic nitrogens is 3. The van der Waals surface area contributed by atoms with Crippen LogP contribution in [0.1, 0.15) is 33.9 Å². The van der Waals surface area contributed by atoms with E-state index in [2.05, 4.69) is 15.0 Å². The highest BCUT2D eigenvalue weighted by Gasteiger charge is 2.27. The number of halogens is 1. The van der Waals surface area contributed by atoms with E-state index in [1.165, 1.54) is 6.07 Å². The number of fused-ring (bicyclic) bond motifs is 3. The second-order valence-corrected chi connectivity index (χ2v) is 5.55. The first-order valence-electron chi connectivity index (χ1n) is 7.19. The smallest absolute Gasteiger partial charge is 0.191 e. The van der Waals surface area contributed by atoms with Gasteiger partial charge in [-0.25, -0.2) is 9.37 Å². The van der Waals surface area contributed by atoms with E-state index in [1.807, 2.05) is 13.0 Å². The minimum absolute atomic E-state index is 0.0412. The molecule has 1 aromatic carbocycles. The highest BCUT2D eigenvalue weighted by Crippen LogP contribution is 2.33. The van der Waals surface area contributed by atoms with Crippen LogP contribution < -0.4 is 0 Å². The molecule has 4 rings (SSSR count). The molecule has 0 saturated carbocycles. The fourth-order valence-corrected chi connectivity index (χ4v) is 3.03. The van der Waals surface area contributed by atoms with E-state index in [1.54, 1.807) is 18.5 Å². The lowest BCUT2D eigenvalue weighted by atomic mass is 9.89. The van der Waals surface area contributed by atoms with Crippen LogP contribution in [-0.4, -0.2) is 20.7 Å². The number of hydrogen-bond acceptors (Lipinski definition) is 2. The molecule has 0 fully saturated rings. The number of nitrogens with one attached hydrogen (secondary N) is 2. The lowest BCUT2D eigenvalue weighted by Gasteiger charge is -2.14.